The van der Waals surface area contributed by atoms with E-state index in [0.717, 1.165) is 11.1 Å². The van der Waals surface area contributed by atoms with Crippen molar-refractivity contribution in [2.45, 2.75) is 89.7 Å². The van der Waals surface area contributed by atoms with Crippen LogP contribution in [0.25, 0.3) is 0 Å². The second-order valence-corrected chi connectivity index (χ2v) is 26.1. The van der Waals surface area contributed by atoms with E-state index in [0.29, 0.717) is 28.7 Å². The van der Waals surface area contributed by atoms with Crippen LogP contribution in [0.5, 0.6) is 0 Å². The zero-order chi connectivity index (χ0) is 73.6. The number of esters is 4. The Balaban J connectivity index is 1.00. The maximum absolute atomic E-state index is 15.0. The monoisotopic (exact) mass is 1440 g/mol. The highest BCUT2D eigenvalue weighted by Gasteiger charge is 2.36. The first-order chi connectivity index (χ1) is 49.7. The molecule has 0 saturated carbocycles. The van der Waals surface area contributed by atoms with Crippen molar-refractivity contribution in [2.75, 3.05) is 91.7 Å². The van der Waals surface area contributed by atoms with Crippen molar-refractivity contribution < 1.29 is 95.8 Å². The van der Waals surface area contributed by atoms with Crippen molar-refractivity contribution in [1.82, 2.24) is 40.6 Å². The Morgan fingerprint density at radius 3 is 1.17 bits per heavy atom. The molecular weight excluding hydrogens is 1350 g/mol. The third-order valence-electron chi connectivity index (χ3n) is 16.3. The van der Waals surface area contributed by atoms with Crippen molar-refractivity contribution in [1.29, 1.82) is 0 Å². The van der Waals surface area contributed by atoms with Crippen LogP contribution in [0, 0.1) is 0 Å². The number of carbonyl (C=O) groups excluding carboxylic acids is 7. The number of carbonyl (C=O) groups is 10. The summed E-state index contributed by atoms with van der Waals surface area (Å²) in [5.74, 6) is -8.39. The maximum Gasteiger partial charge on any atom is 0.406 e. The summed E-state index contributed by atoms with van der Waals surface area (Å²) >= 11 is 0. The Kier molecular flexibility index (Phi) is 34.1. The van der Waals surface area contributed by atoms with Gasteiger partial charge in [-0.3, -0.25) is 67.0 Å². The van der Waals surface area contributed by atoms with Gasteiger partial charge in [0.25, 0.3) is 5.91 Å². The van der Waals surface area contributed by atoms with Crippen LogP contribution in [0.3, 0.4) is 0 Å². The minimum atomic E-state index is -4.65. The van der Waals surface area contributed by atoms with E-state index in [1.807, 2.05) is 6.07 Å². The summed E-state index contributed by atoms with van der Waals surface area (Å²) in [4.78, 5) is 138. The molecule has 29 heteroatoms. The Morgan fingerprint density at radius 1 is 0.388 bits per heavy atom. The standard InChI is InChI=1S/C74H89N8O20P/c83-65(76-63(73(94)99-52-58-20-10-3-11-21-58)35-45-101-103(96,102-54-60-24-14-5-15-25-60)78-64(74(95)100-53-59-22-12-4-13-23-59)31-33-70(91)97-50-56-16-6-1-7-17-56)32-30-62(72(93)98-51-57-18-8-2-9-19-57)77-71(92)61-28-26-55(27-29-61)34-36-75-66(84)46-79-37-39-80(47-67(85)86)41-43-82(49-69(89)90)44-42-81(40-38-79)48-68(87)88/h1-29,62-64H,30-54H2,(H,75,84)(H,76,83)(H,77,92)(H,78,96)(H,85,86)(H,87,88)(H,89,90)/t62-,63?,64+,103?/m1/s1. The number of hydrogen-bond donors (Lipinski definition) is 7. The lowest BCUT2D eigenvalue weighted by molar-refractivity contribution is -0.150. The molecule has 6 aromatic carbocycles. The topological polar surface area (TPSA) is 365 Å². The summed E-state index contributed by atoms with van der Waals surface area (Å²) in [6.07, 6.45) is -1.45. The lowest BCUT2D eigenvalue weighted by Gasteiger charge is -2.32. The van der Waals surface area contributed by atoms with Gasteiger partial charge in [0.15, 0.2) is 0 Å². The predicted molar refractivity (Wildman–Crippen MR) is 375 cm³/mol. The summed E-state index contributed by atoms with van der Waals surface area (Å²) in [5, 5.41) is 39.6. The third kappa shape index (κ3) is 31.4. The predicted octanol–water partition coefficient (Wildman–Crippen LogP) is 5.63. The molecule has 1 heterocycles. The van der Waals surface area contributed by atoms with Gasteiger partial charge >= 0.3 is 49.5 Å². The van der Waals surface area contributed by atoms with Crippen molar-refractivity contribution in [3.05, 3.63) is 215 Å². The second-order valence-electron chi connectivity index (χ2n) is 24.3. The van der Waals surface area contributed by atoms with E-state index in [9.17, 15) is 63.3 Å². The Hall–Kier alpha value is -10.0. The Morgan fingerprint density at radius 2 is 0.757 bits per heavy atom. The SMILES string of the molecule is O=C(O)CN1CCN(CC(=O)O)CCN(CC(=O)NCCc2ccc(C(=O)N[C@H](CCC(=O)NC(CCOP(=O)(N[C@@H](CCC(=O)OCc3ccccc3)C(=O)OCc3ccccc3)OCc3ccccc3)C(=O)OCc3ccccc3)C(=O)OCc3ccccc3)cc2)CCN(CC(=O)O)CC1. The van der Waals surface area contributed by atoms with Crippen LogP contribution in [0.4, 0.5) is 0 Å². The summed E-state index contributed by atoms with van der Waals surface area (Å²) in [5.41, 5.74) is 4.08. The number of carboxylic acid groups (broad SMARTS) is 3. The zero-order valence-corrected chi connectivity index (χ0v) is 58.1. The summed E-state index contributed by atoms with van der Waals surface area (Å²) in [6.45, 7) is -0.401. The normalized spacial score (nSPS) is 14.8. The van der Waals surface area contributed by atoms with Gasteiger partial charge in [-0.2, -0.15) is 0 Å². The number of nitrogens with zero attached hydrogens (tertiary/aromatic N) is 4. The highest BCUT2D eigenvalue weighted by Crippen LogP contribution is 2.46. The highest BCUT2D eigenvalue weighted by molar-refractivity contribution is 7.51. The number of carboxylic acids is 3. The maximum atomic E-state index is 15.0. The molecule has 1 aliphatic heterocycles. The van der Waals surface area contributed by atoms with Gasteiger partial charge in [-0.05, 0) is 64.8 Å². The van der Waals surface area contributed by atoms with Crippen LogP contribution in [-0.2, 0) is 115 Å². The van der Waals surface area contributed by atoms with E-state index in [1.165, 1.54) is 12.1 Å². The minimum Gasteiger partial charge on any atom is -0.480 e. The molecule has 7 N–H and O–H groups in total. The van der Waals surface area contributed by atoms with Crippen molar-refractivity contribution >= 4 is 67.3 Å². The molecule has 0 aromatic heterocycles. The molecule has 1 fully saturated rings. The molecule has 6 aromatic rings. The van der Waals surface area contributed by atoms with Gasteiger partial charge in [-0.25, -0.2) is 19.2 Å². The first-order valence-electron chi connectivity index (χ1n) is 33.8. The Labute approximate surface area is 597 Å². The van der Waals surface area contributed by atoms with Crippen molar-refractivity contribution in [3.8, 4) is 0 Å². The summed E-state index contributed by atoms with van der Waals surface area (Å²) in [7, 11) is -4.65. The molecular formula is C74H89N8O20P. The van der Waals surface area contributed by atoms with Gasteiger partial charge in [0.2, 0.25) is 11.8 Å². The molecule has 4 atom stereocenters. The van der Waals surface area contributed by atoms with Crippen LogP contribution < -0.4 is 21.0 Å². The lowest BCUT2D eigenvalue weighted by atomic mass is 10.1. The lowest BCUT2D eigenvalue weighted by Crippen LogP contribution is -2.49. The molecule has 28 nitrogen and oxygen atoms in total. The second kappa shape index (κ2) is 43.7. The minimum absolute atomic E-state index is 0.0375. The van der Waals surface area contributed by atoms with Gasteiger partial charge in [0, 0.05) is 83.7 Å². The zero-order valence-electron chi connectivity index (χ0n) is 57.2. The molecule has 0 aliphatic carbocycles. The van der Waals surface area contributed by atoms with Crippen LogP contribution in [-0.4, -0.2) is 204 Å². The van der Waals surface area contributed by atoms with Gasteiger partial charge in [0.05, 0.1) is 39.4 Å². The number of nitrogens with one attached hydrogen (secondary N) is 4. The highest BCUT2D eigenvalue weighted by atomic mass is 31.2. The van der Waals surface area contributed by atoms with Crippen LogP contribution in [0.2, 0.25) is 0 Å². The number of amides is 3. The van der Waals surface area contributed by atoms with E-state index in [-0.39, 0.29) is 155 Å². The van der Waals surface area contributed by atoms with Crippen LogP contribution >= 0.6 is 7.75 Å². The fourth-order valence-corrected chi connectivity index (χ4v) is 12.1. The molecule has 1 aliphatic rings. The van der Waals surface area contributed by atoms with E-state index < -0.39 is 92.5 Å². The van der Waals surface area contributed by atoms with Crippen molar-refractivity contribution in [3.63, 3.8) is 0 Å². The van der Waals surface area contributed by atoms with E-state index in [1.54, 1.807) is 177 Å². The van der Waals surface area contributed by atoms with Crippen LogP contribution in [0.15, 0.2) is 176 Å². The molecule has 103 heavy (non-hydrogen) atoms. The fraction of sp³-hybridized carbons (Fsp3) is 0.378. The van der Waals surface area contributed by atoms with Gasteiger partial charge in [0.1, 0.15) is 44.6 Å². The number of hydrogen-bond acceptors (Lipinski definition) is 21. The average molecular weight is 1440 g/mol. The molecule has 550 valence electrons. The third-order valence-corrected chi connectivity index (χ3v) is 17.9. The fourth-order valence-electron chi connectivity index (χ4n) is 10.6. The first kappa shape index (κ1) is 80.3. The molecule has 2 unspecified atom stereocenters. The van der Waals surface area contributed by atoms with Gasteiger partial charge in [-0.15, -0.1) is 0 Å². The molecule has 1 saturated heterocycles. The average Bonchev–Trinajstić information content (AvgIpc) is 0.884. The first-order valence-corrected chi connectivity index (χ1v) is 35.3. The Bertz CT molecular complexity index is 3690. The van der Waals surface area contributed by atoms with E-state index >= 15 is 4.57 Å². The molecule has 0 bridgehead atoms. The van der Waals surface area contributed by atoms with Crippen LogP contribution in [0.1, 0.15) is 75.8 Å². The largest absolute Gasteiger partial charge is 0.480 e. The molecule has 0 spiro atoms. The smallest absolute Gasteiger partial charge is 0.406 e. The summed E-state index contributed by atoms with van der Waals surface area (Å²) in [6, 6.07) is 45.9. The molecule has 3 amide bonds. The quantitative estimate of drug-likeness (QED) is 0.0139. The summed E-state index contributed by atoms with van der Waals surface area (Å²) < 4.78 is 49.5. The van der Waals surface area contributed by atoms with Crippen molar-refractivity contribution in [2.24, 2.45) is 0 Å². The van der Waals surface area contributed by atoms with E-state index in [4.69, 9.17) is 28.0 Å². The van der Waals surface area contributed by atoms with Gasteiger partial charge in [-0.1, -0.05) is 164 Å². The molecule has 0 radical (unpaired) electrons. The number of rotatable bonds is 40. The van der Waals surface area contributed by atoms with E-state index in [2.05, 4.69) is 21.0 Å². The number of aliphatic carboxylic acids is 3. The van der Waals surface area contributed by atoms with Gasteiger partial charge < -0.3 is 50.2 Å². The number of benzene rings is 6. The number of ether oxygens (including phenoxy) is 4. The molecule has 7 rings (SSSR count).